The number of hydrogen-bond acceptors (Lipinski definition) is 3. The molecule has 0 spiro atoms. The van der Waals surface area contributed by atoms with Crippen LogP contribution in [0, 0.1) is 13.8 Å². The van der Waals surface area contributed by atoms with Gasteiger partial charge in [-0.15, -0.1) is 0 Å². The molecule has 0 aliphatic heterocycles. The summed E-state index contributed by atoms with van der Waals surface area (Å²) in [5.74, 6) is 2.94. The minimum absolute atomic E-state index is 0.297. The highest BCUT2D eigenvalue weighted by Gasteiger charge is 2.11. The Morgan fingerprint density at radius 3 is 2.22 bits per heavy atom. The first-order valence-corrected chi connectivity index (χ1v) is 10.4. The molecule has 0 aliphatic rings. The van der Waals surface area contributed by atoms with E-state index in [2.05, 4.69) is 87.6 Å². The summed E-state index contributed by atoms with van der Waals surface area (Å²) in [5, 5.41) is 3.51. The van der Waals surface area contributed by atoms with Gasteiger partial charge in [-0.2, -0.15) is 11.8 Å². The second-order valence-corrected chi connectivity index (χ2v) is 9.81. The molecule has 1 N–H and O–H groups in total. The van der Waals surface area contributed by atoms with Crippen LogP contribution in [0.15, 0.2) is 59.0 Å². The Kier molecular flexibility index (Phi) is 6.01. The lowest BCUT2D eigenvalue weighted by Crippen LogP contribution is -2.07. The first-order valence-electron chi connectivity index (χ1n) is 9.43. The van der Waals surface area contributed by atoms with Crippen LogP contribution in [-0.4, -0.2) is 4.75 Å². The number of aryl methyl sites for hydroxylation is 2. The Labute approximate surface area is 167 Å². The summed E-state index contributed by atoms with van der Waals surface area (Å²) < 4.78 is 6.27. The SMILES string of the molecule is Cc1ccc(-c2cc(CNc3ccc(CSC(C)(C)C)cc3)c(C)o2)cc1. The zero-order valence-electron chi connectivity index (χ0n) is 16.9. The van der Waals surface area contributed by atoms with Crippen molar-refractivity contribution in [1.82, 2.24) is 0 Å². The maximum absolute atomic E-state index is 5.97. The van der Waals surface area contributed by atoms with Crippen molar-refractivity contribution >= 4 is 17.4 Å². The molecule has 2 aromatic carbocycles. The minimum Gasteiger partial charge on any atom is -0.461 e. The van der Waals surface area contributed by atoms with Gasteiger partial charge in [0.1, 0.15) is 11.5 Å². The predicted octanol–water partition coefficient (Wildman–Crippen LogP) is 7.21. The molecule has 0 amide bonds. The van der Waals surface area contributed by atoms with E-state index in [1.165, 1.54) is 16.7 Å². The lowest BCUT2D eigenvalue weighted by Gasteiger charge is -2.17. The van der Waals surface area contributed by atoms with E-state index >= 15 is 0 Å². The molecule has 0 saturated carbocycles. The number of anilines is 1. The fraction of sp³-hybridized carbons (Fsp3) is 0.333. The zero-order chi connectivity index (χ0) is 19.4. The summed E-state index contributed by atoms with van der Waals surface area (Å²) in [6.45, 7) is 11.7. The summed E-state index contributed by atoms with van der Waals surface area (Å²) in [4.78, 5) is 0. The third-order valence-electron chi connectivity index (χ3n) is 4.47. The molecule has 3 aromatic rings. The van der Waals surface area contributed by atoms with Gasteiger partial charge < -0.3 is 9.73 Å². The minimum atomic E-state index is 0.297. The molecule has 3 heteroatoms. The van der Waals surface area contributed by atoms with Gasteiger partial charge in [-0.05, 0) is 37.6 Å². The number of hydrogen-bond donors (Lipinski definition) is 1. The molecule has 0 atom stereocenters. The highest BCUT2D eigenvalue weighted by Crippen LogP contribution is 2.28. The van der Waals surface area contributed by atoms with E-state index in [-0.39, 0.29) is 0 Å². The molecule has 0 bridgehead atoms. The molecule has 142 valence electrons. The number of furan rings is 1. The van der Waals surface area contributed by atoms with Crippen molar-refractivity contribution in [1.29, 1.82) is 0 Å². The van der Waals surface area contributed by atoms with Gasteiger partial charge in [0.05, 0.1) is 0 Å². The van der Waals surface area contributed by atoms with Gasteiger partial charge >= 0.3 is 0 Å². The second-order valence-electron chi connectivity index (χ2n) is 8.01. The average molecular weight is 380 g/mol. The van der Waals surface area contributed by atoms with Gasteiger partial charge in [-0.1, -0.05) is 62.7 Å². The average Bonchev–Trinajstić information content (AvgIpc) is 3.00. The summed E-state index contributed by atoms with van der Waals surface area (Å²) in [5.41, 5.74) is 6.07. The van der Waals surface area contributed by atoms with Gasteiger partial charge in [0.2, 0.25) is 0 Å². The predicted molar refractivity (Wildman–Crippen MR) is 118 cm³/mol. The van der Waals surface area contributed by atoms with Crippen molar-refractivity contribution in [3.8, 4) is 11.3 Å². The summed E-state index contributed by atoms with van der Waals surface area (Å²) >= 11 is 1.97. The zero-order valence-corrected chi connectivity index (χ0v) is 17.7. The maximum Gasteiger partial charge on any atom is 0.134 e. The molecule has 3 rings (SSSR count). The van der Waals surface area contributed by atoms with Crippen LogP contribution in [0.3, 0.4) is 0 Å². The summed E-state index contributed by atoms with van der Waals surface area (Å²) in [7, 11) is 0. The van der Waals surface area contributed by atoms with Crippen molar-refractivity contribution in [2.45, 2.75) is 51.7 Å². The van der Waals surface area contributed by atoms with Crippen LogP contribution in [0.4, 0.5) is 5.69 Å². The molecule has 1 aromatic heterocycles. The Balaban J connectivity index is 1.61. The third-order valence-corrected chi connectivity index (χ3v) is 5.81. The molecule has 0 aliphatic carbocycles. The topological polar surface area (TPSA) is 25.2 Å². The molecule has 27 heavy (non-hydrogen) atoms. The van der Waals surface area contributed by atoms with Crippen molar-refractivity contribution < 1.29 is 4.42 Å². The van der Waals surface area contributed by atoms with Gasteiger partial charge in [0.15, 0.2) is 0 Å². The van der Waals surface area contributed by atoms with Gasteiger partial charge in [0, 0.05) is 33.9 Å². The van der Waals surface area contributed by atoms with Crippen molar-refractivity contribution in [2.75, 3.05) is 5.32 Å². The van der Waals surface area contributed by atoms with Crippen molar-refractivity contribution in [3.05, 3.63) is 77.0 Å². The largest absolute Gasteiger partial charge is 0.461 e. The first kappa shape index (κ1) is 19.6. The Hall–Kier alpha value is -2.13. The Bertz CT molecular complexity index is 870. The molecule has 0 saturated heterocycles. The van der Waals surface area contributed by atoms with E-state index < -0.39 is 0 Å². The fourth-order valence-electron chi connectivity index (χ4n) is 2.77. The van der Waals surface area contributed by atoms with Gasteiger partial charge in [-0.25, -0.2) is 0 Å². The van der Waals surface area contributed by atoms with Crippen molar-refractivity contribution in [2.24, 2.45) is 0 Å². The first-order chi connectivity index (χ1) is 12.8. The molecule has 0 radical (unpaired) electrons. The molecular weight excluding hydrogens is 350 g/mol. The number of benzene rings is 2. The number of nitrogens with one attached hydrogen (secondary N) is 1. The van der Waals surface area contributed by atoms with Crippen molar-refractivity contribution in [3.63, 3.8) is 0 Å². The highest BCUT2D eigenvalue weighted by atomic mass is 32.2. The standard InChI is InChI=1S/C24H29NOS/c1-17-6-10-20(11-7-17)23-14-21(18(2)26-23)15-25-22-12-8-19(9-13-22)16-27-24(3,4)5/h6-14,25H,15-16H2,1-5H3. The highest BCUT2D eigenvalue weighted by molar-refractivity contribution is 7.99. The van der Waals surface area contributed by atoms with Crippen LogP contribution >= 0.6 is 11.8 Å². The van der Waals surface area contributed by atoms with Crippen LogP contribution in [-0.2, 0) is 12.3 Å². The quantitative estimate of drug-likeness (QED) is 0.490. The van der Waals surface area contributed by atoms with Gasteiger partial charge in [0.25, 0.3) is 0 Å². The van der Waals surface area contributed by atoms with Crippen LogP contribution in [0.5, 0.6) is 0 Å². The molecule has 1 heterocycles. The monoisotopic (exact) mass is 379 g/mol. The summed E-state index contributed by atoms with van der Waals surface area (Å²) in [6.07, 6.45) is 0. The van der Waals surface area contributed by atoms with Crippen LogP contribution in [0.25, 0.3) is 11.3 Å². The molecule has 2 nitrogen and oxygen atoms in total. The normalized spacial score (nSPS) is 11.6. The Morgan fingerprint density at radius 1 is 0.926 bits per heavy atom. The molecule has 0 fully saturated rings. The van der Waals surface area contributed by atoms with E-state index in [9.17, 15) is 0 Å². The maximum atomic E-state index is 5.97. The van der Waals surface area contributed by atoms with E-state index in [1.54, 1.807) is 0 Å². The van der Waals surface area contributed by atoms with Crippen LogP contribution in [0.1, 0.15) is 43.2 Å². The lowest BCUT2D eigenvalue weighted by atomic mass is 10.1. The second kappa shape index (κ2) is 8.26. The van der Waals surface area contributed by atoms with Crippen LogP contribution in [0.2, 0.25) is 0 Å². The smallest absolute Gasteiger partial charge is 0.134 e. The lowest BCUT2D eigenvalue weighted by molar-refractivity contribution is 0.544. The molecule has 0 unspecified atom stereocenters. The summed E-state index contributed by atoms with van der Waals surface area (Å²) in [6, 6.07) is 19.3. The number of thioether (sulfide) groups is 1. The molecular formula is C24H29NOS. The van der Waals surface area contributed by atoms with Crippen LogP contribution < -0.4 is 5.32 Å². The van der Waals surface area contributed by atoms with E-state index in [0.29, 0.717) is 4.75 Å². The van der Waals surface area contributed by atoms with E-state index in [1.807, 2.05) is 18.7 Å². The third kappa shape index (κ3) is 5.67. The number of rotatable bonds is 6. The van der Waals surface area contributed by atoms with E-state index in [0.717, 1.165) is 35.1 Å². The fourth-order valence-corrected chi connectivity index (χ4v) is 3.56. The Morgan fingerprint density at radius 2 is 1.59 bits per heavy atom. The van der Waals surface area contributed by atoms with Gasteiger partial charge in [-0.3, -0.25) is 0 Å². The van der Waals surface area contributed by atoms with E-state index in [4.69, 9.17) is 4.42 Å².